The van der Waals surface area contributed by atoms with Crippen LogP contribution in [0.2, 0.25) is 0 Å². The van der Waals surface area contributed by atoms with Crippen molar-refractivity contribution in [3.63, 3.8) is 0 Å². The van der Waals surface area contributed by atoms with E-state index in [0.29, 0.717) is 63.0 Å². The number of anilines is 2. The minimum absolute atomic E-state index is 0.243. The molecule has 2 aromatic carbocycles. The monoisotopic (exact) mass is 593 g/mol. The van der Waals surface area contributed by atoms with Gasteiger partial charge in [0, 0.05) is 56.2 Å². The van der Waals surface area contributed by atoms with Crippen molar-refractivity contribution in [2.75, 3.05) is 42.9 Å². The van der Waals surface area contributed by atoms with Crippen molar-refractivity contribution in [3.05, 3.63) is 77.1 Å². The van der Waals surface area contributed by atoms with Gasteiger partial charge in [-0.2, -0.15) is 0 Å². The summed E-state index contributed by atoms with van der Waals surface area (Å²) in [4.78, 5) is 34.1. The van der Waals surface area contributed by atoms with Crippen molar-refractivity contribution >= 4 is 23.5 Å². The molecular formula is C33H41F2N5O3. The molecule has 0 spiro atoms. The molecule has 1 aromatic heterocycles. The topological polar surface area (TPSA) is 90.7 Å². The SMILES string of the molecule is Cc1ccc(Cn2ccnc2NC(=O)[C@@H]2CN(CCC(C)C)C[C@H]2c2ccc(F)cc2F)c(N2CCC(C(=O)O)CC2)c1. The molecule has 8 nitrogen and oxygen atoms in total. The third-order valence-electron chi connectivity index (χ3n) is 8.83. The van der Waals surface area contributed by atoms with Crippen LogP contribution >= 0.6 is 0 Å². The van der Waals surface area contributed by atoms with Crippen molar-refractivity contribution in [1.29, 1.82) is 0 Å². The van der Waals surface area contributed by atoms with Gasteiger partial charge in [0.25, 0.3) is 0 Å². The number of carboxylic acids is 1. The number of rotatable bonds is 10. The van der Waals surface area contributed by atoms with Crippen LogP contribution in [0.25, 0.3) is 0 Å². The Morgan fingerprint density at radius 3 is 2.56 bits per heavy atom. The van der Waals surface area contributed by atoms with Crippen LogP contribution in [-0.4, -0.2) is 64.2 Å². The molecule has 2 N–H and O–H groups in total. The Morgan fingerprint density at radius 2 is 1.86 bits per heavy atom. The molecular weight excluding hydrogens is 552 g/mol. The van der Waals surface area contributed by atoms with Crippen LogP contribution in [0.15, 0.2) is 48.8 Å². The number of nitrogens with zero attached hydrogens (tertiary/aromatic N) is 4. The van der Waals surface area contributed by atoms with Gasteiger partial charge in [-0.1, -0.05) is 32.0 Å². The summed E-state index contributed by atoms with van der Waals surface area (Å²) in [6, 6.07) is 9.83. The van der Waals surface area contributed by atoms with Crippen LogP contribution in [0.4, 0.5) is 20.4 Å². The molecule has 2 fully saturated rings. The van der Waals surface area contributed by atoms with Crippen molar-refractivity contribution in [1.82, 2.24) is 14.5 Å². The molecule has 43 heavy (non-hydrogen) atoms. The summed E-state index contributed by atoms with van der Waals surface area (Å²) in [7, 11) is 0. The van der Waals surface area contributed by atoms with E-state index in [2.05, 4.69) is 46.1 Å². The second-order valence-electron chi connectivity index (χ2n) is 12.4. The number of hydrogen-bond acceptors (Lipinski definition) is 5. The minimum Gasteiger partial charge on any atom is -0.481 e. The van der Waals surface area contributed by atoms with E-state index in [9.17, 15) is 23.5 Å². The Morgan fingerprint density at radius 1 is 1.09 bits per heavy atom. The fraction of sp³-hybridized carbons (Fsp3) is 0.485. The lowest BCUT2D eigenvalue weighted by Gasteiger charge is -2.33. The Kier molecular flexibility index (Phi) is 9.44. The van der Waals surface area contributed by atoms with Crippen LogP contribution in [0.5, 0.6) is 0 Å². The van der Waals surface area contributed by atoms with Crippen molar-refractivity contribution in [2.24, 2.45) is 17.8 Å². The molecule has 0 aliphatic carbocycles. The van der Waals surface area contributed by atoms with Gasteiger partial charge in [-0.25, -0.2) is 13.8 Å². The highest BCUT2D eigenvalue weighted by Crippen LogP contribution is 2.36. The average Bonchev–Trinajstić information content (AvgIpc) is 3.59. The molecule has 1 amide bonds. The summed E-state index contributed by atoms with van der Waals surface area (Å²) in [6.45, 7) is 9.92. The fourth-order valence-corrected chi connectivity index (χ4v) is 6.31. The van der Waals surface area contributed by atoms with Crippen LogP contribution < -0.4 is 10.2 Å². The molecule has 3 heterocycles. The van der Waals surface area contributed by atoms with Gasteiger partial charge < -0.3 is 19.5 Å². The molecule has 2 aliphatic rings. The van der Waals surface area contributed by atoms with E-state index in [4.69, 9.17) is 0 Å². The van der Waals surface area contributed by atoms with Crippen molar-refractivity contribution in [2.45, 2.75) is 52.5 Å². The first-order valence-corrected chi connectivity index (χ1v) is 15.2. The van der Waals surface area contributed by atoms with Crippen molar-refractivity contribution in [3.8, 4) is 0 Å². The maximum absolute atomic E-state index is 14.9. The van der Waals surface area contributed by atoms with E-state index in [1.807, 2.05) is 23.8 Å². The number of amides is 1. The number of aliphatic carboxylic acids is 1. The lowest BCUT2D eigenvalue weighted by atomic mass is 9.88. The molecule has 2 aliphatic heterocycles. The summed E-state index contributed by atoms with van der Waals surface area (Å²) in [5.41, 5.74) is 3.56. The van der Waals surface area contributed by atoms with E-state index in [1.54, 1.807) is 6.20 Å². The first-order valence-electron chi connectivity index (χ1n) is 15.2. The van der Waals surface area contributed by atoms with Gasteiger partial charge in [0.15, 0.2) is 0 Å². The largest absolute Gasteiger partial charge is 0.481 e. The number of piperidine rings is 1. The maximum Gasteiger partial charge on any atom is 0.306 e. The van der Waals surface area contributed by atoms with Gasteiger partial charge in [-0.15, -0.1) is 0 Å². The van der Waals surface area contributed by atoms with Crippen molar-refractivity contribution < 1.29 is 23.5 Å². The van der Waals surface area contributed by atoms with E-state index in [0.717, 1.165) is 35.8 Å². The predicted octanol–water partition coefficient (Wildman–Crippen LogP) is 5.52. The number of aromatic nitrogens is 2. The molecule has 0 unspecified atom stereocenters. The second kappa shape index (κ2) is 13.2. The number of carbonyl (C=O) groups is 2. The number of likely N-dealkylation sites (tertiary alicyclic amines) is 1. The van der Waals surface area contributed by atoms with Gasteiger partial charge in [0.1, 0.15) is 11.6 Å². The normalized spacial score (nSPS) is 19.7. The van der Waals surface area contributed by atoms with E-state index in [-0.39, 0.29) is 11.8 Å². The zero-order chi connectivity index (χ0) is 30.7. The summed E-state index contributed by atoms with van der Waals surface area (Å²) in [6.07, 6.45) is 5.62. The summed E-state index contributed by atoms with van der Waals surface area (Å²) in [5.74, 6) is -2.60. The molecule has 5 rings (SSSR count). The standard InChI is InChI=1S/C33H41F2N5O3/c1-21(2)8-12-38-19-27(26-7-6-25(34)17-29(26)35)28(20-38)31(41)37-33-36-11-15-40(33)18-24-5-4-22(3)16-30(24)39-13-9-23(10-14-39)32(42)43/h4-7,11,15-17,21,23,27-28H,8-10,12-14,18-20H2,1-3H3,(H,42,43)(H,36,37,41)/t27-,28+/m0/s1. The van der Waals surface area contributed by atoms with Crippen LogP contribution in [-0.2, 0) is 16.1 Å². The first kappa shape index (κ1) is 30.7. The second-order valence-corrected chi connectivity index (χ2v) is 12.4. The molecule has 0 saturated carbocycles. The molecule has 0 radical (unpaired) electrons. The molecule has 3 aromatic rings. The predicted molar refractivity (Wildman–Crippen MR) is 162 cm³/mol. The van der Waals surface area contributed by atoms with Gasteiger partial charge in [-0.05, 0) is 67.5 Å². The third kappa shape index (κ3) is 7.24. The number of benzene rings is 2. The molecule has 2 saturated heterocycles. The van der Waals surface area contributed by atoms with E-state index in [1.165, 1.54) is 12.1 Å². The maximum atomic E-state index is 14.9. The number of imidazole rings is 1. The van der Waals surface area contributed by atoms with Crippen LogP contribution in [0.1, 0.15) is 55.7 Å². The van der Waals surface area contributed by atoms with Gasteiger partial charge in [0.2, 0.25) is 11.9 Å². The highest BCUT2D eigenvalue weighted by atomic mass is 19.1. The number of hydrogen-bond donors (Lipinski definition) is 2. The summed E-state index contributed by atoms with van der Waals surface area (Å²) < 4.78 is 30.5. The zero-order valence-electron chi connectivity index (χ0n) is 25.1. The van der Waals surface area contributed by atoms with Crippen LogP contribution in [0, 0.1) is 36.3 Å². The Balaban J connectivity index is 1.34. The molecule has 10 heteroatoms. The number of carboxylic acid groups (broad SMARTS) is 1. The number of halogens is 2. The van der Waals surface area contributed by atoms with Gasteiger partial charge in [0.05, 0.1) is 18.4 Å². The highest BCUT2D eigenvalue weighted by Gasteiger charge is 2.40. The number of carbonyl (C=O) groups excluding carboxylic acids is 1. The molecule has 0 bridgehead atoms. The van der Waals surface area contributed by atoms with Gasteiger partial charge in [-0.3, -0.25) is 14.9 Å². The number of aryl methyl sites for hydroxylation is 1. The Labute approximate surface area is 251 Å². The quantitative estimate of drug-likeness (QED) is 0.322. The highest BCUT2D eigenvalue weighted by molar-refractivity contribution is 5.92. The fourth-order valence-electron chi connectivity index (χ4n) is 6.31. The summed E-state index contributed by atoms with van der Waals surface area (Å²) in [5, 5.41) is 12.4. The third-order valence-corrected chi connectivity index (χ3v) is 8.83. The Hall–Kier alpha value is -3.79. The van der Waals surface area contributed by atoms with E-state index >= 15 is 0 Å². The number of nitrogens with one attached hydrogen (secondary N) is 1. The minimum atomic E-state index is -0.738. The van der Waals surface area contributed by atoms with Crippen LogP contribution in [0.3, 0.4) is 0 Å². The molecule has 230 valence electrons. The molecule has 2 atom stereocenters. The van der Waals surface area contributed by atoms with E-state index < -0.39 is 29.4 Å². The smallest absolute Gasteiger partial charge is 0.306 e. The summed E-state index contributed by atoms with van der Waals surface area (Å²) >= 11 is 0. The average molecular weight is 594 g/mol. The lowest BCUT2D eigenvalue weighted by Crippen LogP contribution is -2.37. The Bertz CT molecular complexity index is 1450. The lowest BCUT2D eigenvalue weighted by molar-refractivity contribution is -0.142. The zero-order valence-corrected chi connectivity index (χ0v) is 25.1. The first-order chi connectivity index (χ1) is 20.6. The van der Waals surface area contributed by atoms with Gasteiger partial charge >= 0.3 is 5.97 Å².